The molecule has 5 nitrogen and oxygen atoms in total. The number of ether oxygens (including phenoxy) is 1. The smallest absolute Gasteiger partial charge is 0.350 e. The molecule has 0 spiro atoms. The minimum atomic E-state index is -3.74. The third-order valence-corrected chi connectivity index (χ3v) is 5.87. The summed E-state index contributed by atoms with van der Waals surface area (Å²) < 4.78 is 32.8. The van der Waals surface area contributed by atoms with E-state index in [0.717, 1.165) is 14.9 Å². The van der Waals surface area contributed by atoms with Crippen LogP contribution in [0.3, 0.4) is 0 Å². The van der Waals surface area contributed by atoms with Gasteiger partial charge < -0.3 is 4.74 Å². The molecule has 0 atom stereocenters. The highest BCUT2D eigenvalue weighted by atomic mass is 127. The Kier molecular flexibility index (Phi) is 4.89. The van der Waals surface area contributed by atoms with Crippen LogP contribution in [-0.2, 0) is 14.8 Å². The number of esters is 1. The second kappa shape index (κ2) is 6.32. The lowest BCUT2D eigenvalue weighted by molar-refractivity contribution is 0.0607. The molecule has 2 rings (SSSR count). The lowest BCUT2D eigenvalue weighted by Crippen LogP contribution is -2.15. The molecule has 1 aromatic heterocycles. The van der Waals surface area contributed by atoms with Gasteiger partial charge in [0.1, 0.15) is 4.88 Å². The lowest BCUT2D eigenvalue weighted by Gasteiger charge is -2.09. The van der Waals surface area contributed by atoms with Gasteiger partial charge in [-0.15, -0.1) is 11.3 Å². The molecular formula is C13H12INO4S2. The van der Waals surface area contributed by atoms with Crippen LogP contribution in [0, 0.1) is 10.5 Å². The van der Waals surface area contributed by atoms with Crippen molar-refractivity contribution in [1.82, 2.24) is 0 Å². The van der Waals surface area contributed by atoms with E-state index in [1.807, 2.05) is 0 Å². The lowest BCUT2D eigenvalue weighted by atomic mass is 10.3. The number of thiophene rings is 1. The Labute approximate surface area is 140 Å². The molecule has 0 radical (unpaired) electrons. The Morgan fingerprint density at radius 2 is 1.90 bits per heavy atom. The second-order valence-corrected chi connectivity index (χ2v) is 7.98. The van der Waals surface area contributed by atoms with Crippen molar-refractivity contribution in [2.45, 2.75) is 11.8 Å². The third kappa shape index (κ3) is 3.55. The van der Waals surface area contributed by atoms with E-state index in [1.54, 1.807) is 24.4 Å². The van der Waals surface area contributed by atoms with Crippen LogP contribution < -0.4 is 4.72 Å². The molecular weight excluding hydrogens is 425 g/mol. The predicted molar refractivity (Wildman–Crippen MR) is 90.4 cm³/mol. The number of aryl methyl sites for hydroxylation is 1. The highest BCUT2D eigenvalue weighted by Gasteiger charge is 2.22. The van der Waals surface area contributed by atoms with Gasteiger partial charge in [-0.25, -0.2) is 13.2 Å². The van der Waals surface area contributed by atoms with Gasteiger partial charge in [0.25, 0.3) is 10.0 Å². The molecule has 112 valence electrons. The van der Waals surface area contributed by atoms with Crippen molar-refractivity contribution in [3.63, 3.8) is 0 Å². The van der Waals surface area contributed by atoms with E-state index in [-0.39, 0.29) is 15.5 Å². The fraction of sp³-hybridized carbons (Fsp3) is 0.154. The van der Waals surface area contributed by atoms with E-state index in [0.29, 0.717) is 5.56 Å². The van der Waals surface area contributed by atoms with Gasteiger partial charge in [-0.1, -0.05) is 0 Å². The summed E-state index contributed by atoms with van der Waals surface area (Å²) in [7, 11) is -2.48. The fourth-order valence-corrected chi connectivity index (χ4v) is 4.11. The number of hydrogen-bond donors (Lipinski definition) is 1. The highest BCUT2D eigenvalue weighted by Crippen LogP contribution is 2.30. The Bertz CT molecular complexity index is 766. The average molecular weight is 437 g/mol. The van der Waals surface area contributed by atoms with Crippen molar-refractivity contribution in [1.29, 1.82) is 0 Å². The zero-order valence-electron chi connectivity index (χ0n) is 11.2. The molecule has 0 saturated carbocycles. The number of hydrogen-bond acceptors (Lipinski definition) is 5. The van der Waals surface area contributed by atoms with Crippen LogP contribution >= 0.6 is 33.9 Å². The molecule has 0 aliphatic carbocycles. The van der Waals surface area contributed by atoms with Crippen LogP contribution in [0.15, 0.2) is 34.5 Å². The number of rotatable bonds is 4. The maximum Gasteiger partial charge on any atom is 0.350 e. The van der Waals surface area contributed by atoms with Gasteiger partial charge in [-0.3, -0.25) is 4.72 Å². The average Bonchev–Trinajstić information content (AvgIpc) is 2.79. The monoisotopic (exact) mass is 437 g/mol. The van der Waals surface area contributed by atoms with Gasteiger partial charge in [0.2, 0.25) is 0 Å². The molecule has 1 heterocycles. The van der Waals surface area contributed by atoms with Gasteiger partial charge in [-0.05, 0) is 64.7 Å². The first kappa shape index (κ1) is 16.2. The van der Waals surface area contributed by atoms with Crippen LogP contribution in [0.4, 0.5) is 5.69 Å². The van der Waals surface area contributed by atoms with Crippen LogP contribution in [0.1, 0.15) is 15.2 Å². The highest BCUT2D eigenvalue weighted by molar-refractivity contribution is 14.1. The summed E-state index contributed by atoms with van der Waals surface area (Å²) in [5, 5.41) is 1.71. The van der Waals surface area contributed by atoms with Crippen LogP contribution in [-0.4, -0.2) is 21.5 Å². The second-order valence-electron chi connectivity index (χ2n) is 4.17. The zero-order chi connectivity index (χ0) is 15.6. The third-order valence-electron chi connectivity index (χ3n) is 2.71. The van der Waals surface area contributed by atoms with Crippen molar-refractivity contribution in [3.05, 3.63) is 43.7 Å². The minimum Gasteiger partial charge on any atom is -0.465 e. The number of carbonyl (C=O) groups is 1. The standard InChI is InChI=1S/C13H12INO4S2/c1-8-7-20-12(13(16)19-2)11(8)15-21(17,18)10-5-3-9(14)4-6-10/h3-7,15H,1-2H3. The molecule has 1 aromatic carbocycles. The van der Waals surface area contributed by atoms with Crippen molar-refractivity contribution >= 4 is 55.6 Å². The van der Waals surface area contributed by atoms with Gasteiger partial charge in [0.05, 0.1) is 17.7 Å². The molecule has 0 bridgehead atoms. The molecule has 2 aromatic rings. The maximum absolute atomic E-state index is 12.4. The number of sulfonamides is 1. The van der Waals surface area contributed by atoms with Gasteiger partial charge in [0.15, 0.2) is 0 Å². The summed E-state index contributed by atoms with van der Waals surface area (Å²) in [6.45, 7) is 1.73. The molecule has 0 fully saturated rings. The molecule has 0 aliphatic heterocycles. The van der Waals surface area contributed by atoms with E-state index in [4.69, 9.17) is 0 Å². The fourth-order valence-electron chi connectivity index (χ4n) is 1.62. The molecule has 0 saturated heterocycles. The summed E-state index contributed by atoms with van der Waals surface area (Å²) >= 11 is 3.24. The Hall–Kier alpha value is -1.13. The molecule has 0 amide bonds. The normalized spacial score (nSPS) is 11.2. The van der Waals surface area contributed by atoms with Crippen LogP contribution in [0.25, 0.3) is 0 Å². The summed E-state index contributed by atoms with van der Waals surface area (Å²) in [5.74, 6) is -0.562. The summed E-state index contributed by atoms with van der Waals surface area (Å²) in [5.41, 5.74) is 0.944. The largest absolute Gasteiger partial charge is 0.465 e. The predicted octanol–water partition coefficient (Wildman–Crippen LogP) is 3.25. The number of halogens is 1. The Balaban J connectivity index is 2.39. The molecule has 1 N–H and O–H groups in total. The topological polar surface area (TPSA) is 72.5 Å². The molecule has 21 heavy (non-hydrogen) atoms. The van der Waals surface area contributed by atoms with E-state index < -0.39 is 16.0 Å². The number of methoxy groups -OCH3 is 1. The number of nitrogens with one attached hydrogen (secondary N) is 1. The first-order valence-electron chi connectivity index (χ1n) is 5.80. The van der Waals surface area contributed by atoms with Crippen molar-refractivity contribution < 1.29 is 17.9 Å². The quantitative estimate of drug-likeness (QED) is 0.589. The van der Waals surface area contributed by atoms with Crippen molar-refractivity contribution in [2.75, 3.05) is 11.8 Å². The molecule has 0 aliphatic rings. The van der Waals surface area contributed by atoms with E-state index >= 15 is 0 Å². The number of carbonyl (C=O) groups excluding carboxylic acids is 1. The van der Waals surface area contributed by atoms with Crippen molar-refractivity contribution in [2.24, 2.45) is 0 Å². The Morgan fingerprint density at radius 1 is 1.29 bits per heavy atom. The van der Waals surface area contributed by atoms with Crippen molar-refractivity contribution in [3.8, 4) is 0 Å². The van der Waals surface area contributed by atoms with Crippen LogP contribution in [0.5, 0.6) is 0 Å². The van der Waals surface area contributed by atoms with E-state index in [9.17, 15) is 13.2 Å². The van der Waals surface area contributed by atoms with Gasteiger partial charge >= 0.3 is 5.97 Å². The molecule has 8 heteroatoms. The van der Waals surface area contributed by atoms with Gasteiger partial charge in [0, 0.05) is 3.57 Å². The summed E-state index contributed by atoms with van der Waals surface area (Å²) in [6, 6.07) is 6.45. The SMILES string of the molecule is COC(=O)c1scc(C)c1NS(=O)(=O)c1ccc(I)cc1. The number of benzene rings is 1. The first-order valence-corrected chi connectivity index (χ1v) is 9.24. The maximum atomic E-state index is 12.4. The minimum absolute atomic E-state index is 0.143. The summed E-state index contributed by atoms with van der Waals surface area (Å²) in [6.07, 6.45) is 0. The summed E-state index contributed by atoms with van der Waals surface area (Å²) in [4.78, 5) is 12.0. The van der Waals surface area contributed by atoms with Gasteiger partial charge in [-0.2, -0.15) is 0 Å². The first-order chi connectivity index (χ1) is 9.85. The molecule has 0 unspecified atom stereocenters. The van der Waals surface area contributed by atoms with E-state index in [1.165, 1.54) is 19.2 Å². The number of anilines is 1. The van der Waals surface area contributed by atoms with E-state index in [2.05, 4.69) is 32.0 Å². The van der Waals surface area contributed by atoms with Crippen LogP contribution in [0.2, 0.25) is 0 Å². The Morgan fingerprint density at radius 3 is 2.48 bits per heavy atom. The zero-order valence-corrected chi connectivity index (χ0v) is 15.0.